The van der Waals surface area contributed by atoms with Crippen LogP contribution in [-0.4, -0.2) is 20.7 Å². The number of rotatable bonds is 13. The summed E-state index contributed by atoms with van der Waals surface area (Å²) in [5, 5.41) is 2.51. The van der Waals surface area contributed by atoms with Gasteiger partial charge in [0.1, 0.15) is 0 Å². The lowest BCUT2D eigenvalue weighted by molar-refractivity contribution is 0.102. The zero-order valence-corrected chi connectivity index (χ0v) is 37.3. The molecule has 3 nitrogen and oxygen atoms in total. The van der Waals surface area contributed by atoms with Crippen LogP contribution in [0.5, 0.6) is 0 Å². The molecule has 2 heterocycles. The summed E-state index contributed by atoms with van der Waals surface area (Å²) >= 11 is 1.76. The Morgan fingerprint density at radius 1 is 0.692 bits per heavy atom. The summed E-state index contributed by atoms with van der Waals surface area (Å²) in [4.78, 5) is 14.8. The van der Waals surface area contributed by atoms with Crippen molar-refractivity contribution in [1.82, 2.24) is 9.13 Å². The van der Waals surface area contributed by atoms with Gasteiger partial charge in [0.2, 0.25) is 0 Å². The molecular weight excluding hydrogens is 809 g/mol. The average molecular weight is 877 g/mol. The van der Waals surface area contributed by atoms with Crippen molar-refractivity contribution in [2.45, 2.75) is 87.0 Å². The first-order valence-electron chi connectivity index (χ1n) is 22.2. The van der Waals surface area contributed by atoms with Crippen LogP contribution in [0.15, 0.2) is 181 Å². The molecule has 9 rings (SSSR count). The van der Waals surface area contributed by atoms with E-state index in [0.717, 1.165) is 58.7 Å². The average Bonchev–Trinajstić information content (AvgIpc) is 3.50. The third kappa shape index (κ3) is 10.6. The Balaban J connectivity index is 0.00000157. The maximum Gasteiger partial charge on any atom is 0.189 e. The van der Waals surface area contributed by atoms with Gasteiger partial charge in [-0.2, -0.15) is 0 Å². The lowest BCUT2D eigenvalue weighted by Crippen LogP contribution is -2.07. The lowest BCUT2D eigenvalue weighted by Gasteiger charge is -2.14. The minimum absolute atomic E-state index is 0. The van der Waals surface area contributed by atoms with Crippen LogP contribution in [0, 0.1) is 5.92 Å². The smallest absolute Gasteiger partial charge is 0.189 e. The molecule has 4 heteroatoms. The van der Waals surface area contributed by atoms with E-state index in [9.17, 15) is 4.79 Å². The van der Waals surface area contributed by atoms with Gasteiger partial charge in [0.15, 0.2) is 5.78 Å². The number of hydrogen-bond acceptors (Lipinski definition) is 2. The normalized spacial score (nSPS) is 12.4. The number of thioether (sulfide) groups is 1. The lowest BCUT2D eigenvalue weighted by atomic mass is 9.95. The van der Waals surface area contributed by atoms with Crippen molar-refractivity contribution >= 4 is 51.5 Å². The molecule has 2 aliphatic carbocycles. The zero-order valence-electron chi connectivity index (χ0n) is 36.5. The molecule has 0 radical (unpaired) electrons. The van der Waals surface area contributed by atoms with Gasteiger partial charge in [-0.15, -0.1) is 11.8 Å². The predicted molar refractivity (Wildman–Crippen MR) is 288 cm³/mol. The van der Waals surface area contributed by atoms with Gasteiger partial charge in [0, 0.05) is 56.0 Å². The zero-order chi connectivity index (χ0) is 43.0. The standard InChI is InChI=1S/C56H50N2OS.C2H6.3CH4/c1-39(2)37-40(3)56(59)50-35-30-43(42-28-33-45(34-29-42)58-53-24-14-12-20-48(53)49-21-13-15-25-54(49)58)38-55(50)60-36-16-6-7-17-41-26-31-44(32-27-41)57-51-22-10-4-8-18-46(51)47-19-9-5-11-23-52(47)57;1-2;;;/h4-15,18,20-21,23-35,38-39H,3,16-17,19,22,36-37H2,1-2H3;1-2H3;3*1H4. The molecular formula is C61H68N2OS. The quantitative estimate of drug-likeness (QED) is 0.0379. The van der Waals surface area contributed by atoms with Crippen molar-refractivity contribution in [2.75, 3.05) is 5.75 Å². The summed E-state index contributed by atoms with van der Waals surface area (Å²) in [6, 6.07) is 41.4. The molecule has 5 aromatic carbocycles. The molecule has 0 atom stereocenters. The molecule has 0 aliphatic heterocycles. The van der Waals surface area contributed by atoms with Crippen molar-refractivity contribution < 1.29 is 4.79 Å². The van der Waals surface area contributed by atoms with E-state index >= 15 is 0 Å². The van der Waals surface area contributed by atoms with Crippen molar-refractivity contribution in [1.29, 1.82) is 0 Å². The number of ketones is 1. The summed E-state index contributed by atoms with van der Waals surface area (Å²) < 4.78 is 4.79. The Morgan fingerprint density at radius 3 is 1.97 bits per heavy atom. The molecule has 0 saturated carbocycles. The highest BCUT2D eigenvalue weighted by atomic mass is 32.2. The van der Waals surface area contributed by atoms with E-state index in [2.05, 4.69) is 200 Å². The van der Waals surface area contributed by atoms with Crippen LogP contribution < -0.4 is 0 Å². The van der Waals surface area contributed by atoms with Gasteiger partial charge < -0.3 is 9.13 Å². The summed E-state index contributed by atoms with van der Waals surface area (Å²) in [6.45, 7) is 12.5. The Hall–Kier alpha value is -6.36. The van der Waals surface area contributed by atoms with Crippen LogP contribution in [0.3, 0.4) is 0 Å². The number of hydrogen-bond donors (Lipinski definition) is 0. The maximum absolute atomic E-state index is 13.8. The fourth-order valence-corrected chi connectivity index (χ4v) is 9.76. The number of fused-ring (bicyclic) bond motifs is 6. The second kappa shape index (κ2) is 23.0. The highest BCUT2D eigenvalue weighted by Crippen LogP contribution is 2.36. The second-order valence-electron chi connectivity index (χ2n) is 16.2. The number of carbonyl (C=O) groups is 1. The second-order valence-corrected chi connectivity index (χ2v) is 17.3. The largest absolute Gasteiger partial charge is 0.313 e. The van der Waals surface area contributed by atoms with Crippen molar-refractivity contribution in [3.8, 4) is 22.5 Å². The number of carbonyl (C=O) groups excluding carboxylic acids is 1. The number of benzene rings is 5. The maximum atomic E-state index is 13.8. The highest BCUT2D eigenvalue weighted by Gasteiger charge is 2.21. The van der Waals surface area contributed by atoms with Crippen LogP contribution in [-0.2, 0) is 19.3 Å². The predicted octanol–water partition coefficient (Wildman–Crippen LogP) is 17.5. The van der Waals surface area contributed by atoms with Crippen LogP contribution >= 0.6 is 11.8 Å². The third-order valence-electron chi connectivity index (χ3n) is 11.6. The molecule has 0 bridgehead atoms. The van der Waals surface area contributed by atoms with E-state index in [4.69, 9.17) is 0 Å². The first-order chi connectivity index (χ1) is 30.4. The van der Waals surface area contributed by atoms with Crippen LogP contribution in [0.1, 0.15) is 101 Å². The Labute approximate surface area is 394 Å². The number of nitrogens with zero attached hydrogens (tertiary/aromatic N) is 2. The molecule has 334 valence electrons. The molecule has 0 saturated heterocycles. The minimum Gasteiger partial charge on any atom is -0.313 e. The summed E-state index contributed by atoms with van der Waals surface area (Å²) in [6.07, 6.45) is 26.5. The Morgan fingerprint density at radius 2 is 1.29 bits per heavy atom. The summed E-state index contributed by atoms with van der Waals surface area (Å²) in [5.74, 6) is 1.29. The number of aromatic nitrogens is 2. The van der Waals surface area contributed by atoms with Crippen LogP contribution in [0.2, 0.25) is 0 Å². The number of allylic oxidation sites excluding steroid dienone is 9. The molecule has 0 fully saturated rings. The molecule has 65 heavy (non-hydrogen) atoms. The highest BCUT2D eigenvalue weighted by molar-refractivity contribution is 7.99. The van der Waals surface area contributed by atoms with Gasteiger partial charge in [-0.05, 0) is 114 Å². The molecule has 2 aliphatic rings. The van der Waals surface area contributed by atoms with Crippen molar-refractivity contribution in [3.63, 3.8) is 0 Å². The van der Waals surface area contributed by atoms with E-state index in [1.54, 1.807) is 11.8 Å². The Bertz CT molecular complexity index is 2840. The fraction of sp³-hybridized carbons (Fsp3) is 0.230. The third-order valence-corrected chi connectivity index (χ3v) is 12.7. The number of Topliss-reactive ketones (excluding diaryl/α,β-unsaturated/α-hetero) is 1. The van der Waals surface area contributed by atoms with Crippen molar-refractivity contribution in [2.24, 2.45) is 5.92 Å². The van der Waals surface area contributed by atoms with E-state index in [-0.39, 0.29) is 28.1 Å². The first kappa shape index (κ1) is 49.7. The van der Waals surface area contributed by atoms with Gasteiger partial charge in [0.25, 0.3) is 0 Å². The van der Waals surface area contributed by atoms with Gasteiger partial charge in [-0.1, -0.05) is 178 Å². The molecule has 0 amide bonds. The molecule has 2 aromatic heterocycles. The van der Waals surface area contributed by atoms with E-state index in [0.29, 0.717) is 17.9 Å². The van der Waals surface area contributed by atoms with Gasteiger partial charge in [0.05, 0.1) is 16.7 Å². The van der Waals surface area contributed by atoms with E-state index in [1.807, 2.05) is 19.9 Å². The minimum atomic E-state index is 0. The van der Waals surface area contributed by atoms with Crippen molar-refractivity contribution in [3.05, 3.63) is 210 Å². The van der Waals surface area contributed by atoms with E-state index in [1.165, 1.54) is 55.6 Å². The van der Waals surface area contributed by atoms with Gasteiger partial charge in [-0.3, -0.25) is 4.79 Å². The van der Waals surface area contributed by atoms with Gasteiger partial charge in [-0.25, -0.2) is 0 Å². The SMILES string of the molecule is C.C.C.C=C(CC(C)C)C(=O)c1ccc(-c2ccc(-n3c4ccccc4c4ccccc43)cc2)cc1SCCC=CCc1ccc(-n2c3c(c4c2CC=CC=C4)CC=CC=C3)cc1.CC. The summed E-state index contributed by atoms with van der Waals surface area (Å²) in [7, 11) is 0. The first-order valence-corrected chi connectivity index (χ1v) is 23.2. The van der Waals surface area contributed by atoms with Crippen LogP contribution in [0.4, 0.5) is 0 Å². The topological polar surface area (TPSA) is 26.9 Å². The Kier molecular flexibility index (Phi) is 17.6. The number of para-hydroxylation sites is 2. The van der Waals surface area contributed by atoms with Gasteiger partial charge >= 0.3 is 0 Å². The van der Waals surface area contributed by atoms with E-state index < -0.39 is 0 Å². The molecule has 0 unspecified atom stereocenters. The monoisotopic (exact) mass is 877 g/mol. The fourth-order valence-electron chi connectivity index (χ4n) is 8.76. The van der Waals surface area contributed by atoms with Crippen LogP contribution in [0.25, 0.3) is 56.5 Å². The molecule has 7 aromatic rings. The molecule has 0 spiro atoms. The summed E-state index contributed by atoms with van der Waals surface area (Å²) in [5.41, 5.74) is 15.0. The molecule has 0 N–H and O–H groups in total.